The predicted molar refractivity (Wildman–Crippen MR) is 80.8 cm³/mol. The fraction of sp³-hybridized carbons (Fsp3) is 0.533. The van der Waals surface area contributed by atoms with Crippen molar-refractivity contribution >= 4 is 18.3 Å². The van der Waals surface area contributed by atoms with Gasteiger partial charge in [-0.2, -0.15) is 0 Å². The Bertz CT molecular complexity index is 451. The first-order valence-electron chi connectivity index (χ1n) is 6.55. The van der Waals surface area contributed by atoms with Crippen LogP contribution in [-0.2, 0) is 0 Å². The summed E-state index contributed by atoms with van der Waals surface area (Å²) in [6, 6.07) is 5.91. The number of carbonyl (C=O) groups excluding carboxylic acids is 1. The Hall–Kier alpha value is -1.06. The number of hydrogen-bond donors (Lipinski definition) is 2. The molecule has 0 spiro atoms. The number of benzene rings is 1. The van der Waals surface area contributed by atoms with Crippen LogP contribution in [0.2, 0.25) is 0 Å². The highest BCUT2D eigenvalue weighted by Crippen LogP contribution is 2.39. The highest BCUT2D eigenvalue weighted by Gasteiger charge is 2.41. The Morgan fingerprint density at radius 3 is 2.26 bits per heavy atom. The summed E-state index contributed by atoms with van der Waals surface area (Å²) < 4.78 is 0. The van der Waals surface area contributed by atoms with Gasteiger partial charge in [-0.05, 0) is 51.7 Å². The summed E-state index contributed by atoms with van der Waals surface area (Å²) in [6.45, 7) is 6.55. The first kappa shape index (κ1) is 16.0. The second-order valence-electron chi connectivity index (χ2n) is 5.73. The van der Waals surface area contributed by atoms with E-state index in [1.54, 1.807) is 0 Å². The van der Waals surface area contributed by atoms with E-state index in [4.69, 9.17) is 5.73 Å². The molecule has 1 unspecified atom stereocenters. The molecule has 1 amide bonds. The van der Waals surface area contributed by atoms with Gasteiger partial charge in [-0.15, -0.1) is 12.4 Å². The summed E-state index contributed by atoms with van der Waals surface area (Å²) in [5, 5.41) is 3.11. The summed E-state index contributed by atoms with van der Waals surface area (Å²) in [5.74, 6) is 0.527. The molecule has 0 saturated heterocycles. The van der Waals surface area contributed by atoms with Gasteiger partial charge in [0.15, 0.2) is 0 Å². The molecule has 0 radical (unpaired) electrons. The molecule has 4 heteroatoms. The Morgan fingerprint density at radius 2 is 1.84 bits per heavy atom. The Labute approximate surface area is 121 Å². The molecule has 3 nitrogen and oxygen atoms in total. The van der Waals surface area contributed by atoms with Crippen molar-refractivity contribution in [2.75, 3.05) is 6.54 Å². The van der Waals surface area contributed by atoms with Crippen molar-refractivity contribution in [3.8, 4) is 0 Å². The number of nitrogens with two attached hydrogens (primary N) is 1. The summed E-state index contributed by atoms with van der Waals surface area (Å²) >= 11 is 0. The van der Waals surface area contributed by atoms with Gasteiger partial charge < -0.3 is 11.1 Å². The molecule has 1 aliphatic rings. The maximum Gasteiger partial charge on any atom is 0.251 e. The fourth-order valence-electron chi connectivity index (χ4n) is 2.48. The zero-order valence-electron chi connectivity index (χ0n) is 11.8. The Balaban J connectivity index is 0.00000180. The highest BCUT2D eigenvalue weighted by molar-refractivity contribution is 5.95. The standard InChI is InChI=1S/C15H22N2O.ClH/c1-10-6-11(2)8-12(7-10)14(18)17-15(3,9-16)13-4-5-13;/h6-8,13H,4-5,9,16H2,1-3H3,(H,17,18);1H. The molecule has 1 atom stereocenters. The van der Waals surface area contributed by atoms with Gasteiger partial charge in [0.1, 0.15) is 0 Å². The molecule has 0 bridgehead atoms. The number of rotatable bonds is 4. The highest BCUT2D eigenvalue weighted by atomic mass is 35.5. The molecule has 0 heterocycles. The molecule has 1 fully saturated rings. The summed E-state index contributed by atoms with van der Waals surface area (Å²) in [4.78, 5) is 12.3. The lowest BCUT2D eigenvalue weighted by atomic mass is 9.95. The number of amides is 1. The largest absolute Gasteiger partial charge is 0.345 e. The van der Waals surface area contributed by atoms with Crippen molar-refractivity contribution in [3.05, 3.63) is 34.9 Å². The van der Waals surface area contributed by atoms with Gasteiger partial charge in [-0.1, -0.05) is 17.2 Å². The number of carbonyl (C=O) groups is 1. The summed E-state index contributed by atoms with van der Waals surface area (Å²) in [5.41, 5.74) is 8.52. The molecule has 1 aromatic rings. The molecule has 3 N–H and O–H groups in total. The van der Waals surface area contributed by atoms with Crippen LogP contribution in [0, 0.1) is 19.8 Å². The normalized spacial score (nSPS) is 17.3. The molecule has 1 aromatic carbocycles. The minimum Gasteiger partial charge on any atom is -0.345 e. The van der Waals surface area contributed by atoms with E-state index in [0.29, 0.717) is 12.5 Å². The molecule has 0 aromatic heterocycles. The zero-order chi connectivity index (χ0) is 13.3. The second-order valence-corrected chi connectivity index (χ2v) is 5.73. The third-order valence-corrected chi connectivity index (χ3v) is 3.79. The first-order chi connectivity index (χ1) is 8.44. The topological polar surface area (TPSA) is 55.1 Å². The van der Waals surface area contributed by atoms with Crippen LogP contribution < -0.4 is 11.1 Å². The Morgan fingerprint density at radius 1 is 1.32 bits per heavy atom. The van der Waals surface area contributed by atoms with Crippen LogP contribution in [0.15, 0.2) is 18.2 Å². The molecular formula is C15H23ClN2O. The minimum absolute atomic E-state index is 0. The molecule has 2 rings (SSSR count). The van der Waals surface area contributed by atoms with Gasteiger partial charge >= 0.3 is 0 Å². The second kappa shape index (κ2) is 5.93. The van der Waals surface area contributed by atoms with E-state index in [-0.39, 0.29) is 23.9 Å². The van der Waals surface area contributed by atoms with Crippen LogP contribution >= 0.6 is 12.4 Å². The van der Waals surface area contributed by atoms with Gasteiger partial charge in [-0.3, -0.25) is 4.79 Å². The van der Waals surface area contributed by atoms with E-state index < -0.39 is 0 Å². The zero-order valence-corrected chi connectivity index (χ0v) is 12.6. The van der Waals surface area contributed by atoms with Crippen LogP contribution in [0.3, 0.4) is 0 Å². The van der Waals surface area contributed by atoms with Crippen LogP contribution in [0.5, 0.6) is 0 Å². The van der Waals surface area contributed by atoms with Crippen molar-refractivity contribution in [1.82, 2.24) is 5.32 Å². The lowest BCUT2D eigenvalue weighted by molar-refractivity contribution is 0.0897. The lowest BCUT2D eigenvalue weighted by Gasteiger charge is -2.29. The van der Waals surface area contributed by atoms with Crippen molar-refractivity contribution in [2.24, 2.45) is 11.7 Å². The number of hydrogen-bond acceptors (Lipinski definition) is 2. The quantitative estimate of drug-likeness (QED) is 0.892. The van der Waals surface area contributed by atoms with Gasteiger partial charge in [0, 0.05) is 12.1 Å². The van der Waals surface area contributed by atoms with E-state index in [1.165, 1.54) is 12.8 Å². The molecule has 1 aliphatic carbocycles. The van der Waals surface area contributed by atoms with E-state index in [2.05, 4.69) is 11.4 Å². The monoisotopic (exact) mass is 282 g/mol. The van der Waals surface area contributed by atoms with Gasteiger partial charge in [0.05, 0.1) is 5.54 Å². The van der Waals surface area contributed by atoms with Gasteiger partial charge in [0.2, 0.25) is 0 Å². The third kappa shape index (κ3) is 3.71. The average molecular weight is 283 g/mol. The van der Waals surface area contributed by atoms with E-state index in [1.807, 2.05) is 32.9 Å². The number of halogens is 1. The Kier molecular flexibility index (Phi) is 4.99. The average Bonchev–Trinajstić information content (AvgIpc) is 3.11. The SMILES string of the molecule is Cc1cc(C)cc(C(=O)NC(C)(CN)C2CC2)c1.Cl. The van der Waals surface area contributed by atoms with Crippen LogP contribution in [0.4, 0.5) is 0 Å². The smallest absolute Gasteiger partial charge is 0.251 e. The van der Waals surface area contributed by atoms with Crippen LogP contribution in [0.1, 0.15) is 41.3 Å². The molecule has 1 saturated carbocycles. The van der Waals surface area contributed by atoms with Gasteiger partial charge in [0.25, 0.3) is 5.91 Å². The minimum atomic E-state index is -0.255. The van der Waals surface area contributed by atoms with Crippen LogP contribution in [0.25, 0.3) is 0 Å². The third-order valence-electron chi connectivity index (χ3n) is 3.79. The van der Waals surface area contributed by atoms with Crippen molar-refractivity contribution < 1.29 is 4.79 Å². The molecular weight excluding hydrogens is 260 g/mol. The molecule has 19 heavy (non-hydrogen) atoms. The van der Waals surface area contributed by atoms with E-state index >= 15 is 0 Å². The number of nitrogens with one attached hydrogen (secondary N) is 1. The van der Waals surface area contributed by atoms with Crippen molar-refractivity contribution in [2.45, 2.75) is 39.2 Å². The van der Waals surface area contributed by atoms with E-state index in [9.17, 15) is 4.79 Å². The van der Waals surface area contributed by atoms with Crippen LogP contribution in [-0.4, -0.2) is 18.0 Å². The maximum absolute atomic E-state index is 12.3. The maximum atomic E-state index is 12.3. The van der Waals surface area contributed by atoms with Crippen molar-refractivity contribution in [3.63, 3.8) is 0 Å². The number of aryl methyl sites for hydroxylation is 2. The first-order valence-corrected chi connectivity index (χ1v) is 6.55. The van der Waals surface area contributed by atoms with Crippen molar-refractivity contribution in [1.29, 1.82) is 0 Å². The van der Waals surface area contributed by atoms with Gasteiger partial charge in [-0.25, -0.2) is 0 Å². The predicted octanol–water partition coefficient (Wildman–Crippen LogP) is 2.58. The fourth-order valence-corrected chi connectivity index (χ4v) is 2.48. The van der Waals surface area contributed by atoms with E-state index in [0.717, 1.165) is 16.7 Å². The molecule has 106 valence electrons. The summed E-state index contributed by atoms with van der Waals surface area (Å²) in [6.07, 6.45) is 2.33. The lowest BCUT2D eigenvalue weighted by Crippen LogP contribution is -2.53. The molecule has 0 aliphatic heterocycles. The summed E-state index contributed by atoms with van der Waals surface area (Å²) in [7, 11) is 0.